The Kier molecular flexibility index (Phi) is 9.27. The molecule has 0 spiro atoms. The predicted molar refractivity (Wildman–Crippen MR) is 135 cm³/mol. The van der Waals surface area contributed by atoms with Gasteiger partial charge in [0.25, 0.3) is 0 Å². The van der Waals surface area contributed by atoms with Gasteiger partial charge in [-0.3, -0.25) is 4.79 Å². The Balaban J connectivity index is 1.83. The van der Waals surface area contributed by atoms with Gasteiger partial charge >= 0.3 is 0 Å². The molecule has 0 bridgehead atoms. The van der Waals surface area contributed by atoms with Gasteiger partial charge in [0.05, 0.1) is 43.8 Å². The fraction of sp³-hybridized carbons (Fsp3) is 0.480. The van der Waals surface area contributed by atoms with Crippen molar-refractivity contribution in [3.05, 3.63) is 47.0 Å². The molecule has 0 radical (unpaired) electrons. The number of hydrogen-bond acceptors (Lipinski definition) is 6. The van der Waals surface area contributed by atoms with E-state index < -0.39 is 10.0 Å². The van der Waals surface area contributed by atoms with Crippen molar-refractivity contribution in [1.29, 1.82) is 0 Å². The van der Waals surface area contributed by atoms with E-state index >= 15 is 0 Å². The minimum atomic E-state index is -3.97. The van der Waals surface area contributed by atoms with Crippen molar-refractivity contribution in [3.8, 4) is 17.2 Å². The Bertz CT molecular complexity index is 1130. The zero-order valence-corrected chi connectivity index (χ0v) is 22.1. The summed E-state index contributed by atoms with van der Waals surface area (Å²) in [5.74, 6) is 1.13. The number of hydrogen-bond donors (Lipinski definition) is 1. The van der Waals surface area contributed by atoms with Crippen molar-refractivity contribution in [2.24, 2.45) is 0 Å². The number of halogens is 1. The van der Waals surface area contributed by atoms with Gasteiger partial charge in [0.15, 0.2) is 11.5 Å². The van der Waals surface area contributed by atoms with Crippen LogP contribution in [-0.4, -0.2) is 52.5 Å². The molecule has 1 aliphatic carbocycles. The van der Waals surface area contributed by atoms with Crippen molar-refractivity contribution in [1.82, 2.24) is 9.62 Å². The lowest BCUT2D eigenvalue weighted by atomic mass is 9.95. The molecule has 1 saturated carbocycles. The van der Waals surface area contributed by atoms with Crippen LogP contribution in [0.25, 0.3) is 0 Å². The minimum absolute atomic E-state index is 0.0367. The SMILES string of the molecule is COc1ccc(S(=O)(=O)N(CC(=O)N[C@@H](C)c2ccc(OC)c(OC)c2)C2CCCCC2)cc1Cl. The average molecular weight is 525 g/mol. The van der Waals surface area contributed by atoms with Crippen LogP contribution in [0.3, 0.4) is 0 Å². The van der Waals surface area contributed by atoms with Crippen molar-refractivity contribution in [3.63, 3.8) is 0 Å². The highest BCUT2D eigenvalue weighted by Gasteiger charge is 2.34. The molecule has 3 rings (SSSR count). The number of ether oxygens (including phenoxy) is 3. The van der Waals surface area contributed by atoms with Crippen LogP contribution in [-0.2, 0) is 14.8 Å². The average Bonchev–Trinajstić information content (AvgIpc) is 2.87. The summed E-state index contributed by atoms with van der Waals surface area (Å²) in [6.07, 6.45) is 4.32. The summed E-state index contributed by atoms with van der Waals surface area (Å²) in [5.41, 5.74) is 0.810. The molecule has 1 atom stereocenters. The first-order valence-electron chi connectivity index (χ1n) is 11.6. The summed E-state index contributed by atoms with van der Waals surface area (Å²) >= 11 is 6.21. The van der Waals surface area contributed by atoms with E-state index in [0.29, 0.717) is 30.1 Å². The highest BCUT2D eigenvalue weighted by molar-refractivity contribution is 7.89. The van der Waals surface area contributed by atoms with Crippen molar-refractivity contribution in [2.75, 3.05) is 27.9 Å². The maximum atomic E-state index is 13.6. The molecular weight excluding hydrogens is 492 g/mol. The molecule has 0 unspecified atom stereocenters. The zero-order valence-electron chi connectivity index (χ0n) is 20.5. The predicted octanol–water partition coefficient (Wildman–Crippen LogP) is 4.57. The third-order valence-electron chi connectivity index (χ3n) is 6.30. The van der Waals surface area contributed by atoms with Crippen LogP contribution < -0.4 is 19.5 Å². The van der Waals surface area contributed by atoms with Gasteiger partial charge in [-0.05, 0) is 55.7 Å². The van der Waals surface area contributed by atoms with Crippen LogP contribution in [0.2, 0.25) is 5.02 Å². The molecule has 0 heterocycles. The van der Waals surface area contributed by atoms with E-state index in [4.69, 9.17) is 25.8 Å². The molecule has 0 saturated heterocycles. The van der Waals surface area contributed by atoms with Gasteiger partial charge < -0.3 is 19.5 Å². The number of nitrogens with zero attached hydrogens (tertiary/aromatic N) is 1. The lowest BCUT2D eigenvalue weighted by Gasteiger charge is -2.33. The van der Waals surface area contributed by atoms with Crippen LogP contribution >= 0.6 is 11.6 Å². The number of methoxy groups -OCH3 is 3. The second-order valence-corrected chi connectivity index (χ2v) is 10.8. The summed E-state index contributed by atoms with van der Waals surface area (Å²) in [5, 5.41) is 3.12. The summed E-state index contributed by atoms with van der Waals surface area (Å²) in [6, 6.07) is 9.12. The van der Waals surface area contributed by atoms with E-state index in [-0.39, 0.29) is 34.5 Å². The molecule has 1 aliphatic rings. The fourth-order valence-corrected chi connectivity index (χ4v) is 6.35. The molecule has 2 aromatic carbocycles. The monoisotopic (exact) mass is 524 g/mol. The molecule has 192 valence electrons. The summed E-state index contributed by atoms with van der Waals surface area (Å²) in [4.78, 5) is 13.1. The topological polar surface area (TPSA) is 94.2 Å². The Hall–Kier alpha value is -2.49. The Morgan fingerprint density at radius 2 is 1.63 bits per heavy atom. The number of benzene rings is 2. The standard InChI is InChI=1S/C25H33ClN2O6S/c1-17(18-10-12-23(33-3)24(14-18)34-4)27-25(29)16-28(19-8-6-5-7-9-19)35(30,31)20-11-13-22(32-2)21(26)15-20/h10-15,17,19H,5-9,16H2,1-4H3,(H,27,29)/t17-/m0/s1. The normalized spacial score (nSPS) is 15.5. The van der Waals surface area contributed by atoms with E-state index in [1.54, 1.807) is 26.4 Å². The van der Waals surface area contributed by atoms with Crippen LogP contribution in [0.15, 0.2) is 41.3 Å². The first-order chi connectivity index (χ1) is 16.7. The maximum absolute atomic E-state index is 13.6. The molecular formula is C25H33ClN2O6S. The zero-order chi connectivity index (χ0) is 25.6. The van der Waals surface area contributed by atoms with Crippen LogP contribution in [0.1, 0.15) is 50.6 Å². The Morgan fingerprint density at radius 1 is 1.00 bits per heavy atom. The third-order valence-corrected chi connectivity index (χ3v) is 8.49. The third kappa shape index (κ3) is 6.39. The van der Waals surface area contributed by atoms with Gasteiger partial charge in [0.2, 0.25) is 15.9 Å². The lowest BCUT2D eigenvalue weighted by molar-refractivity contribution is -0.122. The quantitative estimate of drug-likeness (QED) is 0.489. The largest absolute Gasteiger partial charge is 0.495 e. The molecule has 1 amide bonds. The van der Waals surface area contributed by atoms with Crippen LogP contribution in [0.4, 0.5) is 0 Å². The molecule has 35 heavy (non-hydrogen) atoms. The molecule has 1 N–H and O–H groups in total. The van der Waals surface area contributed by atoms with E-state index in [2.05, 4.69) is 5.32 Å². The van der Waals surface area contributed by atoms with Gasteiger partial charge in [-0.15, -0.1) is 0 Å². The van der Waals surface area contributed by atoms with Crippen LogP contribution in [0.5, 0.6) is 17.2 Å². The highest BCUT2D eigenvalue weighted by Crippen LogP contribution is 2.32. The summed E-state index contributed by atoms with van der Waals surface area (Å²) in [7, 11) is 0.598. The second-order valence-electron chi connectivity index (χ2n) is 8.54. The van der Waals surface area contributed by atoms with Gasteiger partial charge in [-0.2, -0.15) is 4.31 Å². The van der Waals surface area contributed by atoms with E-state index in [0.717, 1.165) is 24.8 Å². The fourth-order valence-electron chi connectivity index (χ4n) is 4.36. The van der Waals surface area contributed by atoms with Gasteiger partial charge in [-0.1, -0.05) is 36.9 Å². The van der Waals surface area contributed by atoms with Gasteiger partial charge in [0.1, 0.15) is 5.75 Å². The Morgan fingerprint density at radius 3 is 2.23 bits per heavy atom. The molecule has 0 aliphatic heterocycles. The van der Waals surface area contributed by atoms with E-state index in [9.17, 15) is 13.2 Å². The number of amides is 1. The molecule has 10 heteroatoms. The van der Waals surface area contributed by atoms with Crippen molar-refractivity contribution >= 4 is 27.5 Å². The first kappa shape index (κ1) is 27.1. The molecule has 0 aromatic heterocycles. The van der Waals surface area contributed by atoms with E-state index in [1.807, 2.05) is 13.0 Å². The molecule has 8 nitrogen and oxygen atoms in total. The number of carbonyl (C=O) groups excluding carboxylic acids is 1. The van der Waals surface area contributed by atoms with Crippen molar-refractivity contribution < 1.29 is 27.4 Å². The summed E-state index contributed by atoms with van der Waals surface area (Å²) in [6.45, 7) is 1.55. The van der Waals surface area contributed by atoms with Gasteiger partial charge in [-0.25, -0.2) is 8.42 Å². The van der Waals surface area contributed by atoms with E-state index in [1.165, 1.54) is 29.6 Å². The number of carbonyl (C=O) groups is 1. The molecule has 2 aromatic rings. The Labute approximate surface area is 212 Å². The smallest absolute Gasteiger partial charge is 0.243 e. The number of nitrogens with one attached hydrogen (secondary N) is 1. The number of sulfonamides is 1. The maximum Gasteiger partial charge on any atom is 0.243 e. The number of rotatable bonds is 10. The lowest BCUT2D eigenvalue weighted by Crippen LogP contribution is -2.47. The van der Waals surface area contributed by atoms with Crippen molar-refractivity contribution in [2.45, 2.75) is 56.0 Å². The first-order valence-corrected chi connectivity index (χ1v) is 13.4. The molecule has 1 fully saturated rings. The van der Waals surface area contributed by atoms with Crippen LogP contribution in [0, 0.1) is 0 Å². The summed E-state index contributed by atoms with van der Waals surface area (Å²) < 4.78 is 44.4. The highest BCUT2D eigenvalue weighted by atomic mass is 35.5. The minimum Gasteiger partial charge on any atom is -0.495 e. The second kappa shape index (κ2) is 12.0. The van der Waals surface area contributed by atoms with Gasteiger partial charge in [0, 0.05) is 6.04 Å².